The predicted octanol–water partition coefficient (Wildman–Crippen LogP) is 6.04. The lowest BCUT2D eigenvalue weighted by Crippen LogP contribution is -2.20. The van der Waals surface area contributed by atoms with Crippen LogP contribution in [0.25, 0.3) is 0 Å². The van der Waals surface area contributed by atoms with Crippen LogP contribution >= 0.6 is 0 Å². The van der Waals surface area contributed by atoms with Gasteiger partial charge >= 0.3 is 0 Å². The van der Waals surface area contributed by atoms with E-state index in [4.69, 9.17) is 0 Å². The van der Waals surface area contributed by atoms with Crippen molar-refractivity contribution in [3.8, 4) is 0 Å². The maximum Gasteiger partial charge on any atom is 0.145 e. The van der Waals surface area contributed by atoms with Gasteiger partial charge in [0.05, 0.1) is 0 Å². The monoisotopic (exact) mass is 298 g/mol. The third kappa shape index (κ3) is 6.01. The van der Waals surface area contributed by atoms with Gasteiger partial charge in [-0.3, -0.25) is 4.79 Å². The molecule has 0 bridgehead atoms. The molecule has 0 heterocycles. The molecule has 1 nitrogen and oxygen atoms in total. The maximum absolute atomic E-state index is 10.5. The number of carbonyl (C=O) groups is 1. The Kier molecular flexibility index (Phi) is 7.31. The average molecular weight is 298 g/mol. The summed E-state index contributed by atoms with van der Waals surface area (Å²) in [6.07, 6.45) is 7.74. The fraction of sp³-hybridized carbons (Fsp3) is 0.476. The Labute approximate surface area is 136 Å². The molecule has 0 amide bonds. The van der Waals surface area contributed by atoms with Crippen LogP contribution in [0.3, 0.4) is 0 Å². The second-order valence-electron chi connectivity index (χ2n) is 6.92. The quantitative estimate of drug-likeness (QED) is 0.377. The molecule has 0 aromatic heterocycles. The van der Waals surface area contributed by atoms with Crippen molar-refractivity contribution in [2.24, 2.45) is 5.41 Å². The van der Waals surface area contributed by atoms with Gasteiger partial charge in [0.25, 0.3) is 0 Å². The largest absolute Gasteiger partial charge is 0.298 e. The summed E-state index contributed by atoms with van der Waals surface area (Å²) in [7, 11) is 0. The number of aryl methyl sites for hydroxylation is 1. The smallest absolute Gasteiger partial charge is 0.145 e. The van der Waals surface area contributed by atoms with Crippen molar-refractivity contribution in [2.45, 2.75) is 60.3 Å². The molecule has 0 unspecified atom stereocenters. The van der Waals surface area contributed by atoms with Gasteiger partial charge in [-0.05, 0) is 57.4 Å². The molecule has 0 spiro atoms. The van der Waals surface area contributed by atoms with Gasteiger partial charge in [0.15, 0.2) is 0 Å². The molecular formula is C21H30O. The molecule has 1 aromatic rings. The highest BCUT2D eigenvalue weighted by Crippen LogP contribution is 2.41. The number of rotatable bonds is 3. The summed E-state index contributed by atoms with van der Waals surface area (Å²) in [6, 6.07) is 10.3. The number of benzene rings is 1. The Balaban J connectivity index is 0.000000287. The number of allylic oxidation sites excluding steroid dienone is 4. The lowest BCUT2D eigenvalue weighted by atomic mass is 9.71. The van der Waals surface area contributed by atoms with Gasteiger partial charge in [0.2, 0.25) is 0 Å². The predicted molar refractivity (Wildman–Crippen MR) is 95.9 cm³/mol. The van der Waals surface area contributed by atoms with E-state index >= 15 is 0 Å². The van der Waals surface area contributed by atoms with E-state index in [0.717, 1.165) is 18.3 Å². The van der Waals surface area contributed by atoms with Crippen molar-refractivity contribution < 1.29 is 4.79 Å². The molecule has 22 heavy (non-hydrogen) atoms. The first-order valence-corrected chi connectivity index (χ1v) is 8.19. The molecule has 0 saturated carbocycles. The Morgan fingerprint density at radius 1 is 1.18 bits per heavy atom. The molecule has 0 saturated heterocycles. The fourth-order valence-corrected chi connectivity index (χ4v) is 2.97. The summed E-state index contributed by atoms with van der Waals surface area (Å²) < 4.78 is 0. The van der Waals surface area contributed by atoms with E-state index in [2.05, 4.69) is 45.9 Å². The minimum atomic E-state index is 0.321. The van der Waals surface area contributed by atoms with Gasteiger partial charge in [-0.2, -0.15) is 0 Å². The van der Waals surface area contributed by atoms with E-state index in [1.54, 1.807) is 0 Å². The zero-order valence-electron chi connectivity index (χ0n) is 14.8. The van der Waals surface area contributed by atoms with Crippen molar-refractivity contribution in [3.05, 3.63) is 58.7 Å². The molecule has 0 N–H and O–H groups in total. The van der Waals surface area contributed by atoms with Gasteiger partial charge in [-0.1, -0.05) is 67.0 Å². The highest BCUT2D eigenvalue weighted by Gasteiger charge is 2.27. The first-order valence-electron chi connectivity index (χ1n) is 8.19. The Bertz CT molecular complexity index is 532. The minimum absolute atomic E-state index is 0.321. The second kappa shape index (κ2) is 8.73. The molecule has 1 heteroatoms. The van der Waals surface area contributed by atoms with Crippen LogP contribution < -0.4 is 0 Å². The van der Waals surface area contributed by atoms with Crippen LogP contribution in [0.15, 0.2) is 53.1 Å². The Morgan fingerprint density at radius 2 is 1.82 bits per heavy atom. The van der Waals surface area contributed by atoms with E-state index in [0.29, 0.717) is 5.41 Å². The zero-order chi connectivity index (χ0) is 16.6. The van der Waals surface area contributed by atoms with Crippen LogP contribution in [0, 0.1) is 12.3 Å². The van der Waals surface area contributed by atoms with Gasteiger partial charge in [0.1, 0.15) is 6.29 Å². The summed E-state index contributed by atoms with van der Waals surface area (Å²) in [5.74, 6) is 0. The van der Waals surface area contributed by atoms with Gasteiger partial charge < -0.3 is 0 Å². The fourth-order valence-electron chi connectivity index (χ4n) is 2.97. The SMILES string of the molecule is CC(C=O)=CCC1=C(C)CCCC1(C)C.Cc1ccccc1. The van der Waals surface area contributed by atoms with Crippen molar-refractivity contribution in [1.29, 1.82) is 0 Å². The molecule has 0 aliphatic heterocycles. The van der Waals surface area contributed by atoms with Crippen LogP contribution in [0.2, 0.25) is 0 Å². The number of hydrogen-bond donors (Lipinski definition) is 0. The first kappa shape index (κ1) is 18.4. The average Bonchev–Trinajstić information content (AvgIpc) is 2.47. The molecule has 1 aliphatic rings. The number of aldehydes is 1. The zero-order valence-corrected chi connectivity index (χ0v) is 14.8. The van der Waals surface area contributed by atoms with E-state index in [1.807, 2.05) is 25.1 Å². The number of hydrogen-bond acceptors (Lipinski definition) is 1. The molecular weight excluding hydrogens is 268 g/mol. The lowest BCUT2D eigenvalue weighted by Gasteiger charge is -2.34. The Morgan fingerprint density at radius 3 is 2.27 bits per heavy atom. The van der Waals surface area contributed by atoms with Crippen molar-refractivity contribution >= 4 is 6.29 Å². The second-order valence-corrected chi connectivity index (χ2v) is 6.92. The van der Waals surface area contributed by atoms with E-state index < -0.39 is 0 Å². The molecule has 1 aromatic carbocycles. The van der Waals surface area contributed by atoms with Crippen LogP contribution in [0.4, 0.5) is 0 Å². The molecule has 0 fully saturated rings. The van der Waals surface area contributed by atoms with Gasteiger partial charge in [-0.15, -0.1) is 0 Å². The first-order chi connectivity index (χ1) is 10.4. The number of carbonyl (C=O) groups excluding carboxylic acids is 1. The summed E-state index contributed by atoms with van der Waals surface area (Å²) in [4.78, 5) is 10.5. The van der Waals surface area contributed by atoms with Crippen molar-refractivity contribution in [2.75, 3.05) is 0 Å². The lowest BCUT2D eigenvalue weighted by molar-refractivity contribution is -0.104. The van der Waals surface area contributed by atoms with E-state index in [-0.39, 0.29) is 0 Å². The normalized spacial score (nSPS) is 17.6. The van der Waals surface area contributed by atoms with Gasteiger partial charge in [-0.25, -0.2) is 0 Å². The standard InChI is InChI=1S/C14H22O.C7H8/c1-11(10-15)7-8-13-12(2)6-5-9-14(13,3)4;1-7-5-3-2-4-6-7/h7,10H,5-6,8-9H2,1-4H3;2-6H,1H3. The summed E-state index contributed by atoms with van der Waals surface area (Å²) in [5, 5.41) is 0. The van der Waals surface area contributed by atoms with E-state index in [1.165, 1.54) is 36.0 Å². The topological polar surface area (TPSA) is 17.1 Å². The highest BCUT2D eigenvalue weighted by atomic mass is 16.1. The van der Waals surface area contributed by atoms with Crippen LogP contribution in [0.1, 0.15) is 58.9 Å². The van der Waals surface area contributed by atoms with Crippen LogP contribution in [-0.4, -0.2) is 6.29 Å². The van der Waals surface area contributed by atoms with Gasteiger partial charge in [0, 0.05) is 0 Å². The molecule has 1 aliphatic carbocycles. The highest BCUT2D eigenvalue weighted by molar-refractivity contribution is 5.72. The summed E-state index contributed by atoms with van der Waals surface area (Å²) in [6.45, 7) is 10.8. The van der Waals surface area contributed by atoms with E-state index in [9.17, 15) is 4.79 Å². The molecule has 0 radical (unpaired) electrons. The van der Waals surface area contributed by atoms with Crippen LogP contribution in [0.5, 0.6) is 0 Å². The summed E-state index contributed by atoms with van der Waals surface area (Å²) >= 11 is 0. The van der Waals surface area contributed by atoms with Crippen LogP contribution in [-0.2, 0) is 4.79 Å². The molecule has 0 atom stereocenters. The summed E-state index contributed by atoms with van der Waals surface area (Å²) in [5.41, 5.74) is 5.55. The molecule has 120 valence electrons. The molecule has 2 rings (SSSR count). The minimum Gasteiger partial charge on any atom is -0.298 e. The van der Waals surface area contributed by atoms with Crippen molar-refractivity contribution in [1.82, 2.24) is 0 Å². The Hall–Kier alpha value is -1.63. The third-order valence-electron chi connectivity index (χ3n) is 4.44. The maximum atomic E-state index is 10.5. The van der Waals surface area contributed by atoms with Crippen molar-refractivity contribution in [3.63, 3.8) is 0 Å². The third-order valence-corrected chi connectivity index (χ3v) is 4.44.